The van der Waals surface area contributed by atoms with Gasteiger partial charge < -0.3 is 5.32 Å². The maximum absolute atomic E-state index is 5.02. The summed E-state index contributed by atoms with van der Waals surface area (Å²) in [6, 6.07) is 1.30. The van der Waals surface area contributed by atoms with Crippen LogP contribution in [-0.4, -0.2) is 40.3 Å². The number of H-pyrrole nitrogens is 1. The molecule has 0 aliphatic carbocycles. The average Bonchev–Trinajstić information content (AvgIpc) is 2.85. The van der Waals surface area contributed by atoms with E-state index in [4.69, 9.17) is 12.2 Å². The SMILES string of the molecule is S=c1[nH]nc(NC2CCN3CCCC23)s1. The van der Waals surface area contributed by atoms with E-state index in [1.54, 1.807) is 0 Å². The monoisotopic (exact) mass is 242 g/mol. The molecule has 15 heavy (non-hydrogen) atoms. The molecule has 82 valence electrons. The number of nitrogens with zero attached hydrogens (tertiary/aromatic N) is 2. The predicted octanol–water partition coefficient (Wildman–Crippen LogP) is 1.85. The van der Waals surface area contributed by atoms with E-state index in [1.807, 2.05) is 0 Å². The summed E-state index contributed by atoms with van der Waals surface area (Å²) >= 11 is 6.54. The van der Waals surface area contributed by atoms with Gasteiger partial charge in [-0.2, -0.15) is 0 Å². The van der Waals surface area contributed by atoms with Gasteiger partial charge in [0.1, 0.15) is 0 Å². The molecule has 0 bridgehead atoms. The number of aromatic amines is 1. The van der Waals surface area contributed by atoms with Gasteiger partial charge in [-0.1, -0.05) is 11.3 Å². The van der Waals surface area contributed by atoms with Gasteiger partial charge in [0, 0.05) is 18.6 Å². The van der Waals surface area contributed by atoms with Crippen LogP contribution in [0.5, 0.6) is 0 Å². The zero-order valence-electron chi connectivity index (χ0n) is 8.40. The van der Waals surface area contributed by atoms with Crippen molar-refractivity contribution >= 4 is 28.7 Å². The molecule has 0 radical (unpaired) electrons. The molecule has 0 amide bonds. The van der Waals surface area contributed by atoms with E-state index in [0.29, 0.717) is 6.04 Å². The molecule has 2 aliphatic heterocycles. The minimum atomic E-state index is 0.571. The Hall–Kier alpha value is -0.460. The van der Waals surface area contributed by atoms with Crippen LogP contribution >= 0.6 is 23.6 Å². The van der Waals surface area contributed by atoms with Gasteiger partial charge in [-0.05, 0) is 38.0 Å². The van der Waals surface area contributed by atoms with Gasteiger partial charge in [0.25, 0.3) is 0 Å². The Labute approximate surface area is 97.7 Å². The van der Waals surface area contributed by atoms with Gasteiger partial charge in [-0.3, -0.25) is 10.00 Å². The number of hydrogen-bond donors (Lipinski definition) is 2. The molecule has 0 saturated carbocycles. The molecular formula is C9H14N4S2. The van der Waals surface area contributed by atoms with Crippen molar-refractivity contribution in [3.63, 3.8) is 0 Å². The molecule has 0 spiro atoms. The summed E-state index contributed by atoms with van der Waals surface area (Å²) < 4.78 is 0.749. The quantitative estimate of drug-likeness (QED) is 0.777. The topological polar surface area (TPSA) is 44.0 Å². The van der Waals surface area contributed by atoms with Crippen molar-refractivity contribution in [2.45, 2.75) is 31.3 Å². The van der Waals surface area contributed by atoms with Gasteiger partial charge in [0.05, 0.1) is 0 Å². The third-order valence-electron chi connectivity index (χ3n) is 3.35. The molecule has 2 N–H and O–H groups in total. The molecule has 2 fully saturated rings. The molecule has 1 aromatic rings. The first-order valence-corrected chi connectivity index (χ1v) is 6.61. The van der Waals surface area contributed by atoms with Crippen LogP contribution in [0.2, 0.25) is 0 Å². The standard InChI is InChI=1S/C9H14N4S2/c14-9-12-11-8(15-9)10-6-3-5-13-4-1-2-7(6)13/h6-7H,1-5H2,(H,10,11)(H,12,14). The van der Waals surface area contributed by atoms with Crippen molar-refractivity contribution < 1.29 is 0 Å². The smallest absolute Gasteiger partial charge is 0.204 e. The van der Waals surface area contributed by atoms with E-state index in [0.717, 1.165) is 15.1 Å². The van der Waals surface area contributed by atoms with Crippen LogP contribution < -0.4 is 5.32 Å². The van der Waals surface area contributed by atoms with E-state index in [2.05, 4.69) is 20.4 Å². The number of rotatable bonds is 2. The van der Waals surface area contributed by atoms with Gasteiger partial charge in [0.2, 0.25) is 5.13 Å². The average molecular weight is 242 g/mol. The Morgan fingerprint density at radius 2 is 2.40 bits per heavy atom. The van der Waals surface area contributed by atoms with E-state index in [9.17, 15) is 0 Å². The molecule has 0 aromatic carbocycles. The Kier molecular flexibility index (Phi) is 2.50. The van der Waals surface area contributed by atoms with Gasteiger partial charge in [-0.25, -0.2) is 0 Å². The number of hydrogen-bond acceptors (Lipinski definition) is 5. The molecule has 2 atom stereocenters. The first kappa shape index (κ1) is 9.74. The molecule has 3 rings (SSSR count). The van der Waals surface area contributed by atoms with Crippen LogP contribution in [0.4, 0.5) is 5.13 Å². The lowest BCUT2D eigenvalue weighted by atomic mass is 10.1. The summed E-state index contributed by atoms with van der Waals surface area (Å²) in [5.41, 5.74) is 0. The molecule has 6 heteroatoms. The fraction of sp³-hybridized carbons (Fsp3) is 0.778. The second-order valence-corrected chi connectivity index (χ2v) is 5.87. The molecule has 2 saturated heterocycles. The molecule has 4 nitrogen and oxygen atoms in total. The third kappa shape index (κ3) is 1.81. The lowest BCUT2D eigenvalue weighted by molar-refractivity contribution is 0.318. The number of aromatic nitrogens is 2. The molecule has 2 unspecified atom stereocenters. The fourth-order valence-corrected chi connectivity index (χ4v) is 3.55. The number of nitrogens with one attached hydrogen (secondary N) is 2. The Balaban J connectivity index is 1.71. The van der Waals surface area contributed by atoms with Crippen LogP contribution in [0, 0.1) is 3.95 Å². The first-order valence-electron chi connectivity index (χ1n) is 5.39. The summed E-state index contributed by atoms with van der Waals surface area (Å²) in [4.78, 5) is 2.59. The maximum atomic E-state index is 5.02. The van der Waals surface area contributed by atoms with E-state index >= 15 is 0 Å². The van der Waals surface area contributed by atoms with Gasteiger partial charge >= 0.3 is 0 Å². The minimum absolute atomic E-state index is 0.571. The second kappa shape index (κ2) is 3.84. The van der Waals surface area contributed by atoms with Crippen LogP contribution in [0.25, 0.3) is 0 Å². The van der Waals surface area contributed by atoms with Crippen molar-refractivity contribution in [3.8, 4) is 0 Å². The van der Waals surface area contributed by atoms with E-state index in [1.165, 1.54) is 43.7 Å². The number of anilines is 1. The highest BCUT2D eigenvalue weighted by Gasteiger charge is 2.37. The summed E-state index contributed by atoms with van der Waals surface area (Å²) in [5.74, 6) is 0. The van der Waals surface area contributed by atoms with Crippen molar-refractivity contribution in [2.75, 3.05) is 18.4 Å². The third-order valence-corrected chi connectivity index (χ3v) is 4.37. The molecule has 2 aliphatic rings. The van der Waals surface area contributed by atoms with Crippen molar-refractivity contribution in [1.29, 1.82) is 0 Å². The van der Waals surface area contributed by atoms with Crippen LogP contribution in [0.15, 0.2) is 0 Å². The van der Waals surface area contributed by atoms with Crippen molar-refractivity contribution in [2.24, 2.45) is 0 Å². The van der Waals surface area contributed by atoms with Crippen LogP contribution in [-0.2, 0) is 0 Å². The largest absolute Gasteiger partial charge is 0.356 e. The Morgan fingerprint density at radius 1 is 1.47 bits per heavy atom. The maximum Gasteiger partial charge on any atom is 0.204 e. The van der Waals surface area contributed by atoms with Crippen LogP contribution in [0.3, 0.4) is 0 Å². The minimum Gasteiger partial charge on any atom is -0.356 e. The van der Waals surface area contributed by atoms with Crippen LogP contribution in [0.1, 0.15) is 19.3 Å². The molecular weight excluding hydrogens is 228 g/mol. The molecule has 1 aromatic heterocycles. The summed E-state index contributed by atoms with van der Waals surface area (Å²) in [6.45, 7) is 2.51. The summed E-state index contributed by atoms with van der Waals surface area (Å²) in [6.07, 6.45) is 3.91. The summed E-state index contributed by atoms with van der Waals surface area (Å²) in [7, 11) is 0. The highest BCUT2D eigenvalue weighted by atomic mass is 32.1. The normalized spacial score (nSPS) is 30.7. The highest BCUT2D eigenvalue weighted by Crippen LogP contribution is 2.30. The zero-order valence-corrected chi connectivity index (χ0v) is 10.0. The first-order chi connectivity index (χ1) is 7.33. The fourth-order valence-electron chi connectivity index (χ4n) is 2.70. The Morgan fingerprint density at radius 3 is 3.20 bits per heavy atom. The summed E-state index contributed by atoms with van der Waals surface area (Å²) in [5, 5.41) is 11.4. The lowest BCUT2D eigenvalue weighted by Gasteiger charge is -2.20. The Bertz CT molecular complexity index is 399. The second-order valence-electron chi connectivity index (χ2n) is 4.20. The van der Waals surface area contributed by atoms with E-state index in [-0.39, 0.29) is 0 Å². The van der Waals surface area contributed by atoms with Gasteiger partial charge in [0.15, 0.2) is 3.95 Å². The van der Waals surface area contributed by atoms with Crippen molar-refractivity contribution in [3.05, 3.63) is 3.95 Å². The highest BCUT2D eigenvalue weighted by molar-refractivity contribution is 7.73. The predicted molar refractivity (Wildman–Crippen MR) is 63.9 cm³/mol. The molecule has 3 heterocycles. The zero-order chi connectivity index (χ0) is 10.3. The van der Waals surface area contributed by atoms with Gasteiger partial charge in [-0.15, -0.1) is 5.10 Å². The number of fused-ring (bicyclic) bond motifs is 1. The van der Waals surface area contributed by atoms with Crippen molar-refractivity contribution in [1.82, 2.24) is 15.1 Å². The lowest BCUT2D eigenvalue weighted by Crippen LogP contribution is -2.33. The van der Waals surface area contributed by atoms with E-state index < -0.39 is 0 Å².